The van der Waals surface area contributed by atoms with Crippen molar-refractivity contribution in [2.45, 2.75) is 59.5 Å². The summed E-state index contributed by atoms with van der Waals surface area (Å²) in [6.07, 6.45) is 3.71. The van der Waals surface area contributed by atoms with Gasteiger partial charge in [0.2, 0.25) is 0 Å². The van der Waals surface area contributed by atoms with Crippen molar-refractivity contribution in [2.24, 2.45) is 17.3 Å². The summed E-state index contributed by atoms with van der Waals surface area (Å²) in [5.41, 5.74) is 2.36. The molecule has 0 spiro atoms. The molecule has 15 heavy (non-hydrogen) atoms. The van der Waals surface area contributed by atoms with Crippen molar-refractivity contribution in [1.82, 2.24) is 5.32 Å². The van der Waals surface area contributed by atoms with E-state index in [0.717, 1.165) is 11.8 Å². The van der Waals surface area contributed by atoms with Gasteiger partial charge in [0.15, 0.2) is 0 Å². The molecular formula is C14H25N. The van der Waals surface area contributed by atoms with Crippen molar-refractivity contribution in [2.75, 3.05) is 0 Å². The summed E-state index contributed by atoms with van der Waals surface area (Å²) >= 11 is 0. The Labute approximate surface area is 94.3 Å². The Balaban J connectivity index is 2.17. The smallest absolute Gasteiger partial charge is 0.0179 e. The summed E-state index contributed by atoms with van der Waals surface area (Å²) in [5, 5.41) is 3.80. The van der Waals surface area contributed by atoms with E-state index >= 15 is 0 Å². The third kappa shape index (κ3) is 1.65. The van der Waals surface area contributed by atoms with Crippen LogP contribution in [0.3, 0.4) is 0 Å². The van der Waals surface area contributed by atoms with E-state index in [1.165, 1.54) is 6.42 Å². The largest absolute Gasteiger partial charge is 0.308 e. The molecule has 0 aromatic rings. The molecule has 1 nitrogen and oxygen atoms in total. The molecule has 0 aromatic carbocycles. The van der Waals surface area contributed by atoms with Crippen LogP contribution in [0.1, 0.15) is 48.0 Å². The lowest BCUT2D eigenvalue weighted by Gasteiger charge is -2.63. The minimum atomic E-state index is 0.245. The van der Waals surface area contributed by atoms with Gasteiger partial charge in [-0.15, -0.1) is 0 Å². The highest BCUT2D eigenvalue weighted by Gasteiger charge is 2.58. The quantitative estimate of drug-likeness (QED) is 0.650. The molecule has 1 N–H and O–H groups in total. The van der Waals surface area contributed by atoms with Crippen LogP contribution < -0.4 is 5.32 Å². The highest BCUT2D eigenvalue weighted by molar-refractivity contribution is 5.27. The first kappa shape index (κ1) is 11.2. The molecule has 3 aliphatic carbocycles. The fourth-order valence-corrected chi connectivity index (χ4v) is 3.71. The molecule has 3 rings (SSSR count). The fraction of sp³-hybridized carbons (Fsp3) is 0.857. The topological polar surface area (TPSA) is 12.0 Å². The molecule has 0 aromatic heterocycles. The second kappa shape index (κ2) is 3.10. The van der Waals surface area contributed by atoms with E-state index in [-0.39, 0.29) is 5.54 Å². The van der Waals surface area contributed by atoms with Crippen molar-refractivity contribution in [3.05, 3.63) is 11.6 Å². The minimum absolute atomic E-state index is 0.245. The van der Waals surface area contributed by atoms with E-state index in [2.05, 4.69) is 52.9 Å². The Morgan fingerprint density at radius 3 is 2.33 bits per heavy atom. The molecule has 0 heterocycles. The molecule has 3 atom stereocenters. The Kier molecular flexibility index (Phi) is 2.31. The van der Waals surface area contributed by atoms with E-state index in [1.807, 2.05) is 0 Å². The SMILES string of the molecule is CC1=CC[C@@H]2C(NC(C)(C)C)[C@H]1C2(C)C. The standard InChI is InChI=1S/C14H25N/c1-9-7-8-10-12(15-13(2,3)4)11(9)14(10,5)6/h7,10-12,15H,8H2,1-6H3/t10-,11+,12?/m1/s1. The first-order valence-corrected chi connectivity index (χ1v) is 6.18. The highest BCUT2D eigenvalue weighted by atomic mass is 15.0. The molecule has 0 saturated heterocycles. The van der Waals surface area contributed by atoms with Gasteiger partial charge in [-0.05, 0) is 45.4 Å². The van der Waals surface area contributed by atoms with E-state index in [0.29, 0.717) is 11.5 Å². The van der Waals surface area contributed by atoms with E-state index in [9.17, 15) is 0 Å². The number of nitrogens with one attached hydrogen (secondary N) is 1. The molecule has 0 amide bonds. The average Bonchev–Trinajstić information content (AvgIpc) is 1.99. The van der Waals surface area contributed by atoms with Gasteiger partial charge >= 0.3 is 0 Å². The Morgan fingerprint density at radius 2 is 1.93 bits per heavy atom. The van der Waals surface area contributed by atoms with Gasteiger partial charge in [0.1, 0.15) is 0 Å². The van der Waals surface area contributed by atoms with Crippen molar-refractivity contribution in [3.8, 4) is 0 Å². The lowest BCUT2D eigenvalue weighted by atomic mass is 9.46. The van der Waals surface area contributed by atoms with Crippen LogP contribution in [-0.4, -0.2) is 11.6 Å². The Bertz CT molecular complexity index is 293. The molecular weight excluding hydrogens is 182 g/mol. The van der Waals surface area contributed by atoms with Crippen molar-refractivity contribution < 1.29 is 0 Å². The van der Waals surface area contributed by atoms with Gasteiger partial charge in [0.25, 0.3) is 0 Å². The van der Waals surface area contributed by atoms with E-state index in [4.69, 9.17) is 0 Å². The van der Waals surface area contributed by atoms with E-state index in [1.54, 1.807) is 5.57 Å². The number of hydrogen-bond acceptors (Lipinski definition) is 1. The Morgan fingerprint density at radius 1 is 1.33 bits per heavy atom. The zero-order chi connectivity index (χ0) is 11.4. The van der Waals surface area contributed by atoms with Gasteiger partial charge in [0.05, 0.1) is 0 Å². The second-order valence-corrected chi connectivity index (χ2v) is 7.01. The maximum atomic E-state index is 3.80. The van der Waals surface area contributed by atoms with Gasteiger partial charge in [0, 0.05) is 17.5 Å². The van der Waals surface area contributed by atoms with Gasteiger partial charge in [-0.2, -0.15) is 0 Å². The van der Waals surface area contributed by atoms with Crippen LogP contribution >= 0.6 is 0 Å². The molecule has 86 valence electrons. The first-order valence-electron chi connectivity index (χ1n) is 6.18. The molecule has 1 unspecified atom stereocenters. The number of hydrogen-bond donors (Lipinski definition) is 1. The fourth-order valence-electron chi connectivity index (χ4n) is 3.71. The maximum absolute atomic E-state index is 3.80. The summed E-state index contributed by atoms with van der Waals surface area (Å²) in [7, 11) is 0. The molecule has 2 bridgehead atoms. The Hall–Kier alpha value is -0.300. The monoisotopic (exact) mass is 207 g/mol. The van der Waals surface area contributed by atoms with Crippen molar-refractivity contribution in [3.63, 3.8) is 0 Å². The molecule has 1 fully saturated rings. The van der Waals surface area contributed by atoms with Crippen LogP contribution in [0.5, 0.6) is 0 Å². The van der Waals surface area contributed by atoms with Gasteiger partial charge < -0.3 is 5.32 Å². The van der Waals surface area contributed by atoms with Crippen molar-refractivity contribution in [1.29, 1.82) is 0 Å². The van der Waals surface area contributed by atoms with Crippen LogP contribution in [-0.2, 0) is 0 Å². The summed E-state index contributed by atoms with van der Waals surface area (Å²) in [6.45, 7) is 14.0. The molecule has 1 heteroatoms. The predicted molar refractivity (Wildman–Crippen MR) is 65.8 cm³/mol. The van der Waals surface area contributed by atoms with Crippen LogP contribution in [0.15, 0.2) is 11.6 Å². The van der Waals surface area contributed by atoms with Crippen LogP contribution in [0.4, 0.5) is 0 Å². The third-order valence-electron chi connectivity index (χ3n) is 4.33. The first-order chi connectivity index (χ1) is 6.73. The molecule has 1 saturated carbocycles. The summed E-state index contributed by atoms with van der Waals surface area (Å²) in [4.78, 5) is 0. The normalized spacial score (nSPS) is 38.3. The van der Waals surface area contributed by atoms with Crippen LogP contribution in [0.25, 0.3) is 0 Å². The lowest BCUT2D eigenvalue weighted by Crippen LogP contribution is -2.68. The van der Waals surface area contributed by atoms with E-state index < -0.39 is 0 Å². The summed E-state index contributed by atoms with van der Waals surface area (Å²) in [6, 6.07) is 0.713. The number of allylic oxidation sites excluding steroid dienone is 1. The molecule has 0 radical (unpaired) electrons. The average molecular weight is 207 g/mol. The van der Waals surface area contributed by atoms with Gasteiger partial charge in [-0.3, -0.25) is 0 Å². The zero-order valence-electron chi connectivity index (χ0n) is 11.0. The maximum Gasteiger partial charge on any atom is 0.0179 e. The van der Waals surface area contributed by atoms with Crippen molar-refractivity contribution >= 4 is 0 Å². The number of rotatable bonds is 1. The predicted octanol–water partition coefficient (Wildman–Crippen LogP) is 3.37. The minimum Gasteiger partial charge on any atom is -0.308 e. The summed E-state index contributed by atoms with van der Waals surface area (Å²) < 4.78 is 0. The number of fused-ring (bicyclic) bond motifs is 1. The zero-order valence-corrected chi connectivity index (χ0v) is 11.0. The van der Waals surface area contributed by atoms with Gasteiger partial charge in [-0.25, -0.2) is 0 Å². The highest BCUT2D eigenvalue weighted by Crippen LogP contribution is 2.59. The lowest BCUT2D eigenvalue weighted by molar-refractivity contribution is -0.0623. The summed E-state index contributed by atoms with van der Waals surface area (Å²) in [5.74, 6) is 1.60. The molecule has 3 aliphatic rings. The second-order valence-electron chi connectivity index (χ2n) is 7.01. The van der Waals surface area contributed by atoms with Crippen LogP contribution in [0.2, 0.25) is 0 Å². The van der Waals surface area contributed by atoms with Gasteiger partial charge in [-0.1, -0.05) is 25.5 Å². The third-order valence-corrected chi connectivity index (χ3v) is 4.33. The molecule has 0 aliphatic heterocycles. The van der Waals surface area contributed by atoms with Crippen LogP contribution in [0, 0.1) is 17.3 Å².